The first kappa shape index (κ1) is 23.2. The Labute approximate surface area is 196 Å². The van der Waals surface area contributed by atoms with Gasteiger partial charge in [-0.05, 0) is 67.2 Å². The number of amides is 2. The number of benzene rings is 2. The monoisotopic (exact) mass is 464 g/mol. The third kappa shape index (κ3) is 5.49. The van der Waals surface area contributed by atoms with E-state index in [1.807, 2.05) is 30.3 Å². The Bertz CT molecular complexity index is 1180. The molecule has 4 rings (SSSR count). The third-order valence-electron chi connectivity index (χ3n) is 5.39. The first-order valence-electron chi connectivity index (χ1n) is 10.7. The predicted molar refractivity (Wildman–Crippen MR) is 125 cm³/mol. The van der Waals surface area contributed by atoms with Gasteiger partial charge >= 0.3 is 0 Å². The highest BCUT2D eigenvalue weighted by atomic mass is 19.1. The van der Waals surface area contributed by atoms with E-state index in [2.05, 4.69) is 10.4 Å². The zero-order valence-corrected chi connectivity index (χ0v) is 18.9. The van der Waals surface area contributed by atoms with Gasteiger partial charge in [0.05, 0.1) is 32.2 Å². The molecule has 1 unspecified atom stereocenters. The number of hydrogen-bond acceptors (Lipinski definition) is 6. The van der Waals surface area contributed by atoms with Crippen LogP contribution in [0.1, 0.15) is 23.8 Å². The van der Waals surface area contributed by atoms with E-state index in [-0.39, 0.29) is 30.9 Å². The Morgan fingerprint density at radius 3 is 2.65 bits per heavy atom. The molecule has 9 heteroatoms. The van der Waals surface area contributed by atoms with Crippen molar-refractivity contribution >= 4 is 23.2 Å². The second kappa shape index (κ2) is 10.3. The number of furan rings is 1. The number of nitrogens with one attached hydrogen (secondary N) is 1. The number of likely N-dealkylation sites (N-methyl/N-ethyl adjacent to an activating group) is 1. The summed E-state index contributed by atoms with van der Waals surface area (Å²) in [6.07, 6.45) is 2.06. The van der Waals surface area contributed by atoms with Crippen molar-refractivity contribution in [3.8, 4) is 5.75 Å². The summed E-state index contributed by atoms with van der Waals surface area (Å²) in [5.74, 6) is 0.297. The van der Waals surface area contributed by atoms with Crippen LogP contribution < -0.4 is 10.1 Å². The average Bonchev–Trinajstić information content (AvgIpc) is 3.49. The molecular weight excluding hydrogens is 439 g/mol. The number of nitrogens with zero attached hydrogens (tertiary/aromatic N) is 3. The molecule has 1 aliphatic rings. The van der Waals surface area contributed by atoms with Crippen LogP contribution in [0.15, 0.2) is 76.4 Å². The van der Waals surface area contributed by atoms with Crippen LogP contribution in [-0.2, 0) is 9.59 Å². The molecule has 176 valence electrons. The highest BCUT2D eigenvalue weighted by molar-refractivity contribution is 6.03. The zero-order chi connectivity index (χ0) is 24.1. The highest BCUT2D eigenvalue weighted by Gasteiger charge is 2.35. The minimum absolute atomic E-state index is 0.0346. The minimum atomic E-state index is -0.440. The Kier molecular flexibility index (Phi) is 7.03. The molecule has 1 atom stereocenters. The molecule has 0 saturated carbocycles. The summed E-state index contributed by atoms with van der Waals surface area (Å²) >= 11 is 0. The second-order valence-electron chi connectivity index (χ2n) is 7.98. The van der Waals surface area contributed by atoms with E-state index < -0.39 is 5.82 Å². The molecular formula is C25H25FN4O4. The van der Waals surface area contributed by atoms with Gasteiger partial charge in [-0.25, -0.2) is 9.40 Å². The van der Waals surface area contributed by atoms with Gasteiger partial charge in [0.1, 0.15) is 23.4 Å². The van der Waals surface area contributed by atoms with Crippen LogP contribution >= 0.6 is 0 Å². The summed E-state index contributed by atoms with van der Waals surface area (Å²) in [7, 11) is 3.26. The summed E-state index contributed by atoms with van der Waals surface area (Å²) in [5, 5.41) is 8.63. The molecule has 0 saturated heterocycles. The van der Waals surface area contributed by atoms with Gasteiger partial charge in [0.25, 0.3) is 5.91 Å². The van der Waals surface area contributed by atoms with E-state index in [0.29, 0.717) is 17.9 Å². The number of rotatable bonds is 8. The van der Waals surface area contributed by atoms with Crippen LogP contribution in [0.2, 0.25) is 0 Å². The summed E-state index contributed by atoms with van der Waals surface area (Å²) in [4.78, 5) is 27.1. The van der Waals surface area contributed by atoms with E-state index in [0.717, 1.165) is 17.0 Å². The fourth-order valence-corrected chi connectivity index (χ4v) is 3.77. The number of hydrazone groups is 1. The van der Waals surface area contributed by atoms with Crippen LogP contribution in [0.5, 0.6) is 5.75 Å². The zero-order valence-electron chi connectivity index (χ0n) is 18.9. The highest BCUT2D eigenvalue weighted by Crippen LogP contribution is 2.33. The fourth-order valence-electron chi connectivity index (χ4n) is 3.77. The molecule has 1 aromatic heterocycles. The minimum Gasteiger partial charge on any atom is -0.497 e. The first-order valence-corrected chi connectivity index (χ1v) is 10.7. The van der Waals surface area contributed by atoms with Crippen molar-refractivity contribution in [3.63, 3.8) is 0 Å². The van der Waals surface area contributed by atoms with Crippen LogP contribution in [0.3, 0.4) is 0 Å². The molecule has 0 radical (unpaired) electrons. The van der Waals surface area contributed by atoms with Crippen LogP contribution in [0.4, 0.5) is 10.1 Å². The molecule has 2 aromatic carbocycles. The van der Waals surface area contributed by atoms with Gasteiger partial charge in [0.2, 0.25) is 5.91 Å². The maximum Gasteiger partial charge on any atom is 0.257 e. The SMILES string of the molecule is COc1ccc(C2=NN(C(=O)CN(C)CC(=O)Nc3cccc(F)c3)C(c3ccco3)C2)cc1. The van der Waals surface area contributed by atoms with E-state index in [1.165, 1.54) is 23.2 Å². The topological polar surface area (TPSA) is 87.4 Å². The number of carbonyl (C=O) groups is 2. The van der Waals surface area contributed by atoms with Crippen molar-refractivity contribution in [2.45, 2.75) is 12.5 Å². The number of hydrogen-bond donors (Lipinski definition) is 1. The maximum atomic E-state index is 13.3. The average molecular weight is 464 g/mol. The molecule has 0 spiro atoms. The fraction of sp³-hybridized carbons (Fsp3) is 0.240. The standard InChI is InChI=1S/C25H25FN4O4/c1-29(15-24(31)27-19-6-3-5-18(26)13-19)16-25(32)30-22(23-7-4-12-34-23)14-21(28-30)17-8-10-20(33-2)11-9-17/h3-13,22H,14-16H2,1-2H3,(H,27,31). The van der Waals surface area contributed by atoms with Gasteiger partial charge < -0.3 is 14.5 Å². The Morgan fingerprint density at radius 2 is 1.97 bits per heavy atom. The molecule has 0 bridgehead atoms. The van der Waals surface area contributed by atoms with Crippen molar-refractivity contribution in [2.75, 3.05) is 32.6 Å². The van der Waals surface area contributed by atoms with Crippen molar-refractivity contribution in [1.29, 1.82) is 0 Å². The number of halogens is 1. The largest absolute Gasteiger partial charge is 0.497 e. The van der Waals surface area contributed by atoms with Crippen molar-refractivity contribution in [3.05, 3.63) is 84.1 Å². The van der Waals surface area contributed by atoms with Crippen molar-refractivity contribution in [1.82, 2.24) is 9.91 Å². The van der Waals surface area contributed by atoms with Crippen LogP contribution in [0.25, 0.3) is 0 Å². The molecule has 1 N–H and O–H groups in total. The summed E-state index contributed by atoms with van der Waals surface area (Å²) in [6.45, 7) is -0.0796. The van der Waals surface area contributed by atoms with Crippen LogP contribution in [-0.4, -0.2) is 54.7 Å². The third-order valence-corrected chi connectivity index (χ3v) is 5.39. The van der Waals surface area contributed by atoms with Crippen molar-refractivity contribution in [2.24, 2.45) is 5.10 Å². The van der Waals surface area contributed by atoms with Gasteiger partial charge in [-0.3, -0.25) is 14.5 Å². The van der Waals surface area contributed by atoms with Gasteiger partial charge in [-0.1, -0.05) is 6.07 Å². The maximum absolute atomic E-state index is 13.3. The Morgan fingerprint density at radius 1 is 1.18 bits per heavy atom. The number of anilines is 1. The Balaban J connectivity index is 1.44. The smallest absolute Gasteiger partial charge is 0.257 e. The van der Waals surface area contributed by atoms with Crippen molar-refractivity contribution < 1.29 is 23.1 Å². The molecule has 0 fully saturated rings. The lowest BCUT2D eigenvalue weighted by Gasteiger charge is -2.23. The lowest BCUT2D eigenvalue weighted by Crippen LogP contribution is -2.39. The lowest BCUT2D eigenvalue weighted by atomic mass is 10.0. The molecule has 2 heterocycles. The second-order valence-corrected chi connectivity index (χ2v) is 7.98. The van der Waals surface area contributed by atoms with Gasteiger partial charge in [-0.15, -0.1) is 0 Å². The normalized spacial score (nSPS) is 15.4. The first-order chi connectivity index (χ1) is 16.4. The van der Waals surface area contributed by atoms with Gasteiger partial charge in [0.15, 0.2) is 0 Å². The van der Waals surface area contributed by atoms with E-state index in [4.69, 9.17) is 9.15 Å². The number of methoxy groups -OCH3 is 1. The summed E-state index contributed by atoms with van der Waals surface area (Å²) in [6, 6.07) is 16.3. The molecule has 3 aromatic rings. The molecule has 0 aliphatic carbocycles. The molecule has 1 aliphatic heterocycles. The van der Waals surface area contributed by atoms with Crippen LogP contribution in [0, 0.1) is 5.82 Å². The molecule has 2 amide bonds. The van der Waals surface area contributed by atoms with E-state index in [9.17, 15) is 14.0 Å². The summed E-state index contributed by atoms with van der Waals surface area (Å²) in [5.41, 5.74) is 2.00. The van der Waals surface area contributed by atoms with Gasteiger partial charge in [-0.2, -0.15) is 5.10 Å². The quantitative estimate of drug-likeness (QED) is 0.550. The number of ether oxygens (including phenoxy) is 1. The van der Waals surface area contributed by atoms with E-state index >= 15 is 0 Å². The molecule has 34 heavy (non-hydrogen) atoms. The number of carbonyl (C=O) groups excluding carboxylic acids is 2. The summed E-state index contributed by atoms with van der Waals surface area (Å²) < 4.78 is 24.1. The Hall–Kier alpha value is -3.98. The van der Waals surface area contributed by atoms with Gasteiger partial charge in [0, 0.05) is 12.1 Å². The molecule has 8 nitrogen and oxygen atoms in total. The van der Waals surface area contributed by atoms with E-state index in [1.54, 1.807) is 37.5 Å². The predicted octanol–water partition coefficient (Wildman–Crippen LogP) is 3.68. The lowest BCUT2D eigenvalue weighted by molar-refractivity contribution is -0.134.